The molecule has 0 N–H and O–H groups in total. The minimum absolute atomic E-state index is 0.100. The molecular weight excluding hydrogens is 236 g/mol. The zero-order chi connectivity index (χ0) is 13.9. The first-order valence-electron chi connectivity index (χ1n) is 6.67. The van der Waals surface area contributed by atoms with Crippen LogP contribution in [0.1, 0.15) is 32.0 Å². The summed E-state index contributed by atoms with van der Waals surface area (Å²) in [5.41, 5.74) is 2.54. The first kappa shape index (κ1) is 13.7. The molecule has 0 aliphatic heterocycles. The number of nitrogens with zero attached hydrogens (tertiary/aromatic N) is 2. The van der Waals surface area contributed by atoms with Crippen molar-refractivity contribution in [1.82, 2.24) is 9.78 Å². The molecule has 2 rings (SSSR count). The molecule has 102 valence electrons. The summed E-state index contributed by atoms with van der Waals surface area (Å²) in [6.45, 7) is 7.29. The van der Waals surface area contributed by atoms with E-state index >= 15 is 0 Å². The lowest BCUT2D eigenvalue weighted by atomic mass is 9.86. The summed E-state index contributed by atoms with van der Waals surface area (Å²) in [6, 6.07) is 10.3. The third-order valence-corrected chi connectivity index (χ3v) is 3.23. The Kier molecular flexibility index (Phi) is 3.93. The summed E-state index contributed by atoms with van der Waals surface area (Å²) >= 11 is 0. The fourth-order valence-corrected chi connectivity index (χ4v) is 2.12. The normalized spacial score (nSPS) is 11.6. The summed E-state index contributed by atoms with van der Waals surface area (Å²) in [5, 5.41) is 4.16. The van der Waals surface area contributed by atoms with Crippen LogP contribution in [0.3, 0.4) is 0 Å². The second kappa shape index (κ2) is 5.47. The molecule has 0 amide bonds. The van der Waals surface area contributed by atoms with Gasteiger partial charge >= 0.3 is 0 Å². The molecule has 2 aromatic rings. The van der Waals surface area contributed by atoms with Crippen LogP contribution in [0.5, 0.6) is 5.75 Å². The average Bonchev–Trinajstić information content (AvgIpc) is 2.75. The molecule has 0 aliphatic carbocycles. The molecule has 1 aromatic carbocycles. The molecule has 3 nitrogen and oxygen atoms in total. The van der Waals surface area contributed by atoms with Crippen LogP contribution in [-0.4, -0.2) is 16.4 Å². The van der Waals surface area contributed by atoms with Gasteiger partial charge in [0.25, 0.3) is 0 Å². The van der Waals surface area contributed by atoms with E-state index < -0.39 is 0 Å². The molecule has 1 heterocycles. The van der Waals surface area contributed by atoms with Gasteiger partial charge in [-0.15, -0.1) is 0 Å². The maximum Gasteiger partial charge on any atom is 0.123 e. The molecule has 0 spiro atoms. The number of aryl methyl sites for hydroxylation is 1. The van der Waals surface area contributed by atoms with Gasteiger partial charge in [0.05, 0.1) is 6.61 Å². The number of hydrogen-bond donors (Lipinski definition) is 0. The lowest BCUT2D eigenvalue weighted by Gasteiger charge is -2.22. The van der Waals surface area contributed by atoms with Gasteiger partial charge in [-0.25, -0.2) is 0 Å². The van der Waals surface area contributed by atoms with Crippen molar-refractivity contribution in [1.29, 1.82) is 0 Å². The van der Waals surface area contributed by atoms with Crippen LogP contribution in [0.25, 0.3) is 0 Å². The molecule has 0 saturated carbocycles. The van der Waals surface area contributed by atoms with Gasteiger partial charge in [-0.1, -0.05) is 39.0 Å². The van der Waals surface area contributed by atoms with E-state index in [0.717, 1.165) is 12.2 Å². The monoisotopic (exact) mass is 258 g/mol. The maximum atomic E-state index is 5.95. The summed E-state index contributed by atoms with van der Waals surface area (Å²) in [4.78, 5) is 0. The Morgan fingerprint density at radius 3 is 2.53 bits per heavy atom. The van der Waals surface area contributed by atoms with Crippen LogP contribution in [0.15, 0.2) is 36.5 Å². The lowest BCUT2D eigenvalue weighted by Crippen LogP contribution is -2.14. The Morgan fingerprint density at radius 2 is 1.89 bits per heavy atom. The molecular formula is C16H22N2O. The second-order valence-electron chi connectivity index (χ2n) is 5.79. The summed E-state index contributed by atoms with van der Waals surface area (Å²) in [5.74, 6) is 0.983. The third-order valence-electron chi connectivity index (χ3n) is 3.23. The van der Waals surface area contributed by atoms with Crippen molar-refractivity contribution in [2.24, 2.45) is 7.05 Å². The van der Waals surface area contributed by atoms with E-state index in [1.54, 1.807) is 0 Å². The highest BCUT2D eigenvalue weighted by Crippen LogP contribution is 2.30. The quantitative estimate of drug-likeness (QED) is 0.841. The fourth-order valence-electron chi connectivity index (χ4n) is 2.12. The second-order valence-corrected chi connectivity index (χ2v) is 5.79. The van der Waals surface area contributed by atoms with E-state index in [1.807, 2.05) is 36.1 Å². The van der Waals surface area contributed by atoms with E-state index in [1.165, 1.54) is 11.3 Å². The van der Waals surface area contributed by atoms with Gasteiger partial charge in [-0.2, -0.15) is 5.10 Å². The molecule has 1 aromatic heterocycles. The summed E-state index contributed by atoms with van der Waals surface area (Å²) in [6.07, 6.45) is 2.69. The van der Waals surface area contributed by atoms with Crippen molar-refractivity contribution >= 4 is 0 Å². The minimum atomic E-state index is 0.100. The van der Waals surface area contributed by atoms with E-state index in [9.17, 15) is 0 Å². The molecule has 3 heteroatoms. The van der Waals surface area contributed by atoms with E-state index in [4.69, 9.17) is 4.74 Å². The van der Waals surface area contributed by atoms with Crippen molar-refractivity contribution in [3.63, 3.8) is 0 Å². The van der Waals surface area contributed by atoms with Gasteiger partial charge in [0.15, 0.2) is 0 Å². The molecule has 19 heavy (non-hydrogen) atoms. The maximum absolute atomic E-state index is 5.95. The first-order chi connectivity index (χ1) is 8.98. The highest BCUT2D eigenvalue weighted by atomic mass is 16.5. The largest absolute Gasteiger partial charge is 0.493 e. The standard InChI is InChI=1S/C16H22N2O/c1-16(2,3)14-7-5-6-8-15(14)19-12-10-13-9-11-17-18(13)4/h5-9,11H,10,12H2,1-4H3. The number of ether oxygens (including phenoxy) is 1. The Morgan fingerprint density at radius 1 is 1.16 bits per heavy atom. The van der Waals surface area contributed by atoms with Crippen LogP contribution in [0, 0.1) is 0 Å². The Hall–Kier alpha value is -1.77. The molecule has 0 atom stereocenters. The smallest absolute Gasteiger partial charge is 0.123 e. The predicted molar refractivity (Wildman–Crippen MR) is 77.5 cm³/mol. The van der Waals surface area contributed by atoms with Crippen molar-refractivity contribution in [3.8, 4) is 5.75 Å². The van der Waals surface area contributed by atoms with Gasteiger partial charge in [0.1, 0.15) is 5.75 Å². The van der Waals surface area contributed by atoms with Gasteiger partial charge in [-0.3, -0.25) is 4.68 Å². The molecule has 0 unspecified atom stereocenters. The lowest BCUT2D eigenvalue weighted by molar-refractivity contribution is 0.309. The van der Waals surface area contributed by atoms with E-state index in [-0.39, 0.29) is 5.41 Å². The minimum Gasteiger partial charge on any atom is -0.493 e. The van der Waals surface area contributed by atoms with Crippen molar-refractivity contribution < 1.29 is 4.74 Å². The molecule has 0 fully saturated rings. The molecule has 0 saturated heterocycles. The molecule has 0 bridgehead atoms. The highest BCUT2D eigenvalue weighted by Gasteiger charge is 2.18. The van der Waals surface area contributed by atoms with E-state index in [0.29, 0.717) is 6.61 Å². The van der Waals surface area contributed by atoms with Gasteiger partial charge in [-0.05, 0) is 23.1 Å². The first-order valence-corrected chi connectivity index (χ1v) is 6.67. The van der Waals surface area contributed by atoms with E-state index in [2.05, 4.69) is 38.0 Å². The van der Waals surface area contributed by atoms with Crippen LogP contribution >= 0.6 is 0 Å². The number of aromatic nitrogens is 2. The zero-order valence-electron chi connectivity index (χ0n) is 12.2. The van der Waals surface area contributed by atoms with Crippen LogP contribution in [0.4, 0.5) is 0 Å². The predicted octanol–water partition coefficient (Wildman–Crippen LogP) is 3.34. The summed E-state index contributed by atoms with van der Waals surface area (Å²) in [7, 11) is 1.96. The van der Waals surface area contributed by atoms with Crippen LogP contribution in [-0.2, 0) is 18.9 Å². The van der Waals surface area contributed by atoms with Crippen molar-refractivity contribution in [2.75, 3.05) is 6.61 Å². The number of rotatable bonds is 4. The fraction of sp³-hybridized carbons (Fsp3) is 0.438. The number of benzene rings is 1. The third kappa shape index (κ3) is 3.37. The number of para-hydroxylation sites is 1. The van der Waals surface area contributed by atoms with Crippen molar-refractivity contribution in [2.45, 2.75) is 32.6 Å². The Balaban J connectivity index is 2.02. The number of hydrogen-bond acceptors (Lipinski definition) is 2. The van der Waals surface area contributed by atoms with Gasteiger partial charge in [0.2, 0.25) is 0 Å². The van der Waals surface area contributed by atoms with Crippen LogP contribution < -0.4 is 4.74 Å². The summed E-state index contributed by atoms with van der Waals surface area (Å²) < 4.78 is 7.84. The Bertz CT molecular complexity index is 538. The van der Waals surface area contributed by atoms with Crippen molar-refractivity contribution in [3.05, 3.63) is 47.8 Å². The van der Waals surface area contributed by atoms with Gasteiger partial charge in [0, 0.05) is 25.4 Å². The Labute approximate surface area is 115 Å². The topological polar surface area (TPSA) is 27.1 Å². The average molecular weight is 258 g/mol. The zero-order valence-corrected chi connectivity index (χ0v) is 12.2. The highest BCUT2D eigenvalue weighted by molar-refractivity contribution is 5.38. The molecule has 0 radical (unpaired) electrons. The SMILES string of the molecule is Cn1nccc1CCOc1ccccc1C(C)(C)C. The van der Waals surface area contributed by atoms with Gasteiger partial charge < -0.3 is 4.74 Å². The van der Waals surface area contributed by atoms with Crippen LogP contribution in [0.2, 0.25) is 0 Å². The molecule has 0 aliphatic rings.